The minimum absolute atomic E-state index is 0.543. The molecule has 296 valence electrons. The molecule has 0 saturated carbocycles. The van der Waals surface area contributed by atoms with E-state index in [0.717, 1.165) is 40.8 Å². The van der Waals surface area contributed by atoms with Crippen LogP contribution in [0.15, 0.2) is 200 Å². The molecule has 0 atom stereocenters. The molecule has 0 fully saturated rings. The van der Waals surface area contributed by atoms with E-state index in [0.29, 0.717) is 17.5 Å². The van der Waals surface area contributed by atoms with Gasteiger partial charge in [-0.05, 0) is 100 Å². The van der Waals surface area contributed by atoms with E-state index < -0.39 is 5.41 Å². The van der Waals surface area contributed by atoms with Crippen molar-refractivity contribution in [2.45, 2.75) is 18.3 Å². The van der Waals surface area contributed by atoms with Gasteiger partial charge in [0.2, 0.25) is 0 Å². The first-order chi connectivity index (χ1) is 31.3. The second kappa shape index (κ2) is 14.2. The molecule has 0 spiro atoms. The summed E-state index contributed by atoms with van der Waals surface area (Å²) >= 11 is 1.80. The number of hydrogen-bond donors (Lipinski definition) is 0. The minimum atomic E-state index is -0.543. The molecule has 3 aromatic heterocycles. The van der Waals surface area contributed by atoms with Gasteiger partial charge in [-0.15, -0.1) is 11.3 Å². The van der Waals surface area contributed by atoms with Crippen LogP contribution in [0.2, 0.25) is 0 Å². The van der Waals surface area contributed by atoms with Crippen LogP contribution in [0.3, 0.4) is 0 Å². The fraction of sp³-hybridized carbons (Fsp3) is 0.0517. The van der Waals surface area contributed by atoms with Crippen LogP contribution in [0.5, 0.6) is 0 Å². The molecule has 0 bridgehead atoms. The predicted molar refractivity (Wildman–Crippen MR) is 261 cm³/mol. The van der Waals surface area contributed by atoms with Crippen molar-refractivity contribution in [2.24, 2.45) is 0 Å². The minimum Gasteiger partial charge on any atom is -0.310 e. The lowest BCUT2D eigenvalue weighted by molar-refractivity contribution is 0.768. The maximum absolute atomic E-state index is 5.48. The normalized spacial score (nSPS) is 13.7. The first-order valence-electron chi connectivity index (χ1n) is 21.7. The number of fused-ring (bicyclic) bond motifs is 9. The van der Waals surface area contributed by atoms with Crippen LogP contribution in [0.1, 0.15) is 39.9 Å². The lowest BCUT2D eigenvalue weighted by Crippen LogP contribution is -2.28. The number of para-hydroxylation sites is 1. The molecule has 2 aliphatic carbocycles. The van der Waals surface area contributed by atoms with Gasteiger partial charge in [0.1, 0.15) is 0 Å². The fourth-order valence-electron chi connectivity index (χ4n) is 10.6. The van der Waals surface area contributed by atoms with Gasteiger partial charge in [-0.2, -0.15) is 0 Å². The molecular weight excluding hydrogens is 785 g/mol. The maximum atomic E-state index is 5.48. The summed E-state index contributed by atoms with van der Waals surface area (Å²) in [5, 5.41) is 3.78. The van der Waals surface area contributed by atoms with Crippen molar-refractivity contribution < 1.29 is 0 Å². The van der Waals surface area contributed by atoms with Gasteiger partial charge < -0.3 is 4.57 Å². The number of nitrogens with zero attached hydrogens (tertiary/aromatic N) is 4. The van der Waals surface area contributed by atoms with E-state index >= 15 is 0 Å². The molecule has 0 unspecified atom stereocenters. The van der Waals surface area contributed by atoms with Crippen molar-refractivity contribution in [2.75, 3.05) is 0 Å². The van der Waals surface area contributed by atoms with Crippen LogP contribution in [-0.4, -0.2) is 19.5 Å². The highest BCUT2D eigenvalue weighted by Crippen LogP contribution is 2.58. The van der Waals surface area contributed by atoms with Crippen LogP contribution in [0.4, 0.5) is 0 Å². The van der Waals surface area contributed by atoms with Crippen LogP contribution < -0.4 is 0 Å². The molecule has 63 heavy (non-hydrogen) atoms. The van der Waals surface area contributed by atoms with Gasteiger partial charge in [-0.25, -0.2) is 15.0 Å². The van der Waals surface area contributed by atoms with E-state index in [9.17, 15) is 0 Å². The Bertz CT molecular complexity index is 3580. The number of hydrogen-bond acceptors (Lipinski definition) is 4. The summed E-state index contributed by atoms with van der Waals surface area (Å²) in [5.74, 6) is 1.95. The van der Waals surface area contributed by atoms with Crippen molar-refractivity contribution in [3.8, 4) is 51.0 Å². The lowest BCUT2D eigenvalue weighted by atomic mass is 9.67. The Morgan fingerprint density at radius 1 is 0.476 bits per heavy atom. The molecular formula is C58H38N4S. The lowest BCUT2D eigenvalue weighted by Gasteiger charge is -2.33. The third-order valence-corrected chi connectivity index (χ3v) is 14.5. The Balaban J connectivity index is 1.05. The van der Waals surface area contributed by atoms with E-state index in [1.165, 1.54) is 70.1 Å². The number of benzene rings is 8. The van der Waals surface area contributed by atoms with E-state index in [2.05, 4.69) is 211 Å². The van der Waals surface area contributed by atoms with Crippen LogP contribution >= 0.6 is 11.3 Å². The highest BCUT2D eigenvalue weighted by Gasteiger charge is 2.47. The summed E-state index contributed by atoms with van der Waals surface area (Å²) in [6.07, 6.45) is 6.69. The number of aryl methyl sites for hydroxylation is 1. The first kappa shape index (κ1) is 36.0. The van der Waals surface area contributed by atoms with Gasteiger partial charge >= 0.3 is 0 Å². The molecule has 4 nitrogen and oxygen atoms in total. The Hall–Kier alpha value is -7.73. The van der Waals surface area contributed by atoms with Gasteiger partial charge in [-0.1, -0.05) is 158 Å². The average molecular weight is 823 g/mol. The van der Waals surface area contributed by atoms with E-state index in [1.807, 2.05) is 0 Å². The Morgan fingerprint density at radius 2 is 1.08 bits per heavy atom. The zero-order valence-electron chi connectivity index (χ0n) is 34.2. The fourth-order valence-corrected chi connectivity index (χ4v) is 11.8. The van der Waals surface area contributed by atoms with E-state index in [-0.39, 0.29) is 0 Å². The summed E-state index contributed by atoms with van der Waals surface area (Å²) in [7, 11) is 0. The van der Waals surface area contributed by atoms with Gasteiger partial charge in [0.15, 0.2) is 17.5 Å². The van der Waals surface area contributed by atoms with Crippen molar-refractivity contribution in [1.82, 2.24) is 19.5 Å². The topological polar surface area (TPSA) is 43.6 Å². The molecule has 8 aromatic carbocycles. The summed E-state index contributed by atoms with van der Waals surface area (Å²) in [6.45, 7) is 0. The Labute approximate surface area is 369 Å². The molecule has 0 saturated heterocycles. The van der Waals surface area contributed by atoms with Crippen molar-refractivity contribution >= 4 is 48.5 Å². The SMILES string of the molecule is C1=Cc2c(c3ccccc3n2-c2ccc(-c3nc(-c4cccc5c4-c4ccccc4C5(c4ccccc4)c4ccccc4)nc(-c4cccc5c4sc4ccccc45)n3)cc2)CC1. The van der Waals surface area contributed by atoms with Crippen LogP contribution in [0.25, 0.3) is 88.1 Å². The second-order valence-corrected chi connectivity index (χ2v) is 17.6. The van der Waals surface area contributed by atoms with Crippen LogP contribution in [-0.2, 0) is 11.8 Å². The zero-order chi connectivity index (χ0) is 41.5. The molecule has 2 aliphatic rings. The van der Waals surface area contributed by atoms with Gasteiger partial charge in [0.05, 0.1) is 10.9 Å². The average Bonchev–Trinajstić information content (AvgIpc) is 4.01. The number of aromatic nitrogens is 4. The smallest absolute Gasteiger partial charge is 0.165 e. The Morgan fingerprint density at radius 3 is 1.89 bits per heavy atom. The molecule has 0 amide bonds. The third-order valence-electron chi connectivity index (χ3n) is 13.2. The van der Waals surface area contributed by atoms with Gasteiger partial charge in [-0.3, -0.25) is 0 Å². The molecule has 0 aliphatic heterocycles. The second-order valence-electron chi connectivity index (χ2n) is 16.5. The highest BCUT2D eigenvalue weighted by molar-refractivity contribution is 7.26. The van der Waals surface area contributed by atoms with E-state index in [1.54, 1.807) is 11.3 Å². The van der Waals surface area contributed by atoms with Gasteiger partial charge in [0.25, 0.3) is 0 Å². The summed E-state index contributed by atoms with van der Waals surface area (Å²) < 4.78 is 4.81. The molecule has 0 radical (unpaired) electrons. The number of thiophene rings is 1. The van der Waals surface area contributed by atoms with Crippen molar-refractivity contribution in [1.29, 1.82) is 0 Å². The molecule has 11 aromatic rings. The molecule has 3 heterocycles. The molecule has 0 N–H and O–H groups in total. The van der Waals surface area contributed by atoms with Crippen molar-refractivity contribution in [3.63, 3.8) is 0 Å². The standard InChI is InChI=1S/C58H38N4S/c1-3-17-38(18-4-1)58(39-19-5-2-6-20-39)48-28-11-7-24-45(48)53-46(26-16-29-49(53)58)56-59-55(60-57(61-56)47-27-15-25-44-43-23-10-14-32-52(43)63-54(44)47)37-33-35-40(36-34-37)62-50-30-12-8-21-41(50)42-22-9-13-31-51(42)62/h1-8,10-21,23-36H,9,22H2. The predicted octanol–water partition coefficient (Wildman–Crippen LogP) is 14.5. The number of allylic oxidation sites excluding steroid dienone is 1. The Kier molecular flexibility index (Phi) is 8.09. The third kappa shape index (κ3) is 5.36. The van der Waals surface area contributed by atoms with Gasteiger partial charge in [0, 0.05) is 53.6 Å². The first-order valence-corrected chi connectivity index (χ1v) is 22.5. The molecule has 13 rings (SSSR count). The van der Waals surface area contributed by atoms with E-state index in [4.69, 9.17) is 15.0 Å². The quantitative estimate of drug-likeness (QED) is 0.168. The zero-order valence-corrected chi connectivity index (χ0v) is 35.1. The monoisotopic (exact) mass is 822 g/mol. The molecule has 5 heteroatoms. The summed E-state index contributed by atoms with van der Waals surface area (Å²) in [4.78, 5) is 16.3. The number of rotatable bonds is 6. The maximum Gasteiger partial charge on any atom is 0.165 e. The van der Waals surface area contributed by atoms with Crippen molar-refractivity contribution in [3.05, 3.63) is 234 Å². The largest absolute Gasteiger partial charge is 0.310 e. The summed E-state index contributed by atoms with van der Waals surface area (Å²) in [5.41, 5.74) is 14.6. The van der Waals surface area contributed by atoms with Crippen LogP contribution in [0, 0.1) is 0 Å². The highest BCUT2D eigenvalue weighted by atomic mass is 32.1. The summed E-state index contributed by atoms with van der Waals surface area (Å²) in [6, 6.07) is 70.1.